The molecule has 0 spiro atoms. The highest BCUT2D eigenvalue weighted by atomic mass is 32.2. The Morgan fingerprint density at radius 3 is 2.67 bits per heavy atom. The molecule has 1 atom stereocenters. The van der Waals surface area contributed by atoms with Gasteiger partial charge in [-0.25, -0.2) is 8.42 Å². The third-order valence-electron chi connectivity index (χ3n) is 5.50. The average Bonchev–Trinajstić information content (AvgIpc) is 3.28. The molecular weight excluding hydrogens is 400 g/mol. The summed E-state index contributed by atoms with van der Waals surface area (Å²) in [4.78, 5) is 14.9. The standard InChI is InChI=1S/C23H24N2O4S/c1-15-8-9-19(21-12-16(2)24-29-21)14-22(15)30(27,28)11-10-23(26)25-17(3)13-18-6-4-5-7-20(18)25/h4-9,12,14,17H,10-11,13H2,1-3H3. The van der Waals surface area contributed by atoms with Gasteiger partial charge in [0.1, 0.15) is 0 Å². The van der Waals surface area contributed by atoms with Crippen LogP contribution in [0, 0.1) is 13.8 Å². The molecule has 1 aromatic heterocycles. The van der Waals surface area contributed by atoms with E-state index >= 15 is 0 Å². The van der Waals surface area contributed by atoms with Crippen molar-refractivity contribution in [3.05, 3.63) is 65.4 Å². The summed E-state index contributed by atoms with van der Waals surface area (Å²) >= 11 is 0. The fourth-order valence-corrected chi connectivity index (χ4v) is 5.51. The molecule has 7 heteroatoms. The van der Waals surface area contributed by atoms with Crippen LogP contribution in [-0.4, -0.2) is 31.3 Å². The van der Waals surface area contributed by atoms with Gasteiger partial charge in [-0.1, -0.05) is 35.5 Å². The van der Waals surface area contributed by atoms with Crippen LogP contribution in [-0.2, 0) is 21.1 Å². The third kappa shape index (κ3) is 3.77. The molecule has 4 rings (SSSR count). The maximum Gasteiger partial charge on any atom is 0.228 e. The maximum absolute atomic E-state index is 13.1. The molecule has 3 aromatic rings. The lowest BCUT2D eigenvalue weighted by Gasteiger charge is -2.22. The van der Waals surface area contributed by atoms with Crippen LogP contribution in [0.15, 0.2) is 57.9 Å². The molecule has 2 aromatic carbocycles. The minimum absolute atomic E-state index is 0.0253. The molecule has 0 aliphatic carbocycles. The van der Waals surface area contributed by atoms with Crippen molar-refractivity contribution in [2.45, 2.75) is 44.6 Å². The van der Waals surface area contributed by atoms with Crippen molar-refractivity contribution < 1.29 is 17.7 Å². The van der Waals surface area contributed by atoms with Crippen molar-refractivity contribution in [2.24, 2.45) is 0 Å². The van der Waals surface area contributed by atoms with Crippen molar-refractivity contribution in [1.82, 2.24) is 5.16 Å². The van der Waals surface area contributed by atoms with E-state index in [0.717, 1.165) is 23.4 Å². The molecule has 0 N–H and O–H groups in total. The van der Waals surface area contributed by atoms with Gasteiger partial charge in [-0.15, -0.1) is 0 Å². The highest BCUT2D eigenvalue weighted by Gasteiger charge is 2.31. The van der Waals surface area contributed by atoms with Crippen molar-refractivity contribution in [3.63, 3.8) is 0 Å². The number of hydrogen-bond donors (Lipinski definition) is 0. The summed E-state index contributed by atoms with van der Waals surface area (Å²) in [6, 6.07) is 14.7. The van der Waals surface area contributed by atoms with Gasteiger partial charge < -0.3 is 9.42 Å². The lowest BCUT2D eigenvalue weighted by molar-refractivity contribution is -0.118. The predicted octanol–water partition coefficient (Wildman–Crippen LogP) is 4.10. The van der Waals surface area contributed by atoms with Gasteiger partial charge in [0.15, 0.2) is 15.6 Å². The molecule has 0 fully saturated rings. The zero-order valence-corrected chi connectivity index (χ0v) is 18.1. The number of carbonyl (C=O) groups excluding carboxylic acids is 1. The van der Waals surface area contributed by atoms with Gasteiger partial charge in [0.25, 0.3) is 0 Å². The maximum atomic E-state index is 13.1. The summed E-state index contributed by atoms with van der Waals surface area (Å²) in [6.07, 6.45) is 0.721. The molecule has 0 bridgehead atoms. The minimum Gasteiger partial charge on any atom is -0.356 e. The van der Waals surface area contributed by atoms with Gasteiger partial charge in [-0.2, -0.15) is 0 Å². The first-order chi connectivity index (χ1) is 14.3. The van der Waals surface area contributed by atoms with Crippen LogP contribution in [0.5, 0.6) is 0 Å². The van der Waals surface area contributed by atoms with Crippen LogP contribution in [0.4, 0.5) is 5.69 Å². The van der Waals surface area contributed by atoms with Crippen LogP contribution in [0.3, 0.4) is 0 Å². The van der Waals surface area contributed by atoms with E-state index in [0.29, 0.717) is 16.9 Å². The van der Waals surface area contributed by atoms with E-state index in [2.05, 4.69) is 5.16 Å². The van der Waals surface area contributed by atoms with Crippen LogP contribution in [0.1, 0.15) is 30.2 Å². The monoisotopic (exact) mass is 424 g/mol. The van der Waals surface area contributed by atoms with Crippen molar-refractivity contribution in [2.75, 3.05) is 10.7 Å². The molecule has 1 aliphatic heterocycles. The molecule has 0 saturated carbocycles. The molecule has 2 heterocycles. The van der Waals surface area contributed by atoms with E-state index < -0.39 is 9.84 Å². The van der Waals surface area contributed by atoms with Gasteiger partial charge >= 0.3 is 0 Å². The number of aromatic nitrogens is 1. The third-order valence-corrected chi connectivity index (χ3v) is 7.35. The van der Waals surface area contributed by atoms with Gasteiger partial charge in [-0.05, 0) is 50.5 Å². The first kappa shape index (κ1) is 20.3. The van der Waals surface area contributed by atoms with Crippen LogP contribution in [0.2, 0.25) is 0 Å². The second-order valence-electron chi connectivity index (χ2n) is 7.83. The van der Waals surface area contributed by atoms with Crippen LogP contribution < -0.4 is 4.90 Å². The highest BCUT2D eigenvalue weighted by molar-refractivity contribution is 7.91. The fourth-order valence-electron chi connectivity index (χ4n) is 3.99. The summed E-state index contributed by atoms with van der Waals surface area (Å²) < 4.78 is 31.4. The Morgan fingerprint density at radius 1 is 1.17 bits per heavy atom. The molecular formula is C23H24N2O4S. The Balaban J connectivity index is 1.55. The lowest BCUT2D eigenvalue weighted by Crippen LogP contribution is -2.36. The van der Waals surface area contributed by atoms with Gasteiger partial charge in [0, 0.05) is 29.8 Å². The largest absolute Gasteiger partial charge is 0.356 e. The second-order valence-corrected chi connectivity index (χ2v) is 9.90. The molecule has 1 unspecified atom stereocenters. The van der Waals surface area contributed by atoms with E-state index in [4.69, 9.17) is 4.52 Å². The number of aryl methyl sites for hydroxylation is 2. The van der Waals surface area contributed by atoms with Crippen molar-refractivity contribution >= 4 is 21.4 Å². The Kier molecular flexibility index (Phi) is 5.24. The summed E-state index contributed by atoms with van der Waals surface area (Å²) in [6.45, 7) is 5.55. The smallest absolute Gasteiger partial charge is 0.228 e. The van der Waals surface area contributed by atoms with E-state index in [1.807, 2.05) is 44.2 Å². The summed E-state index contributed by atoms with van der Waals surface area (Å²) in [5.74, 6) is 0.106. The Morgan fingerprint density at radius 2 is 1.93 bits per heavy atom. The number of nitrogens with zero attached hydrogens (tertiary/aromatic N) is 2. The number of amides is 1. The van der Waals surface area contributed by atoms with E-state index in [1.54, 1.807) is 30.0 Å². The van der Waals surface area contributed by atoms with Crippen LogP contribution in [0.25, 0.3) is 11.3 Å². The molecule has 0 saturated heterocycles. The number of hydrogen-bond acceptors (Lipinski definition) is 5. The van der Waals surface area contributed by atoms with Gasteiger partial charge in [0.05, 0.1) is 16.3 Å². The average molecular weight is 425 g/mol. The summed E-state index contributed by atoms with van der Waals surface area (Å²) in [7, 11) is -3.64. The molecule has 6 nitrogen and oxygen atoms in total. The summed E-state index contributed by atoms with van der Waals surface area (Å²) in [5, 5.41) is 3.86. The van der Waals surface area contributed by atoms with Crippen LogP contribution >= 0.6 is 0 Å². The molecule has 1 aliphatic rings. The normalized spacial score (nSPS) is 16.0. The fraction of sp³-hybridized carbons (Fsp3) is 0.304. The number of fused-ring (bicyclic) bond motifs is 1. The highest BCUT2D eigenvalue weighted by Crippen LogP contribution is 2.33. The number of para-hydroxylation sites is 1. The van der Waals surface area contributed by atoms with Crippen molar-refractivity contribution in [1.29, 1.82) is 0 Å². The first-order valence-corrected chi connectivity index (χ1v) is 11.6. The SMILES string of the molecule is Cc1cc(-c2ccc(C)c(S(=O)(=O)CCC(=O)N3c4ccccc4CC3C)c2)on1. The lowest BCUT2D eigenvalue weighted by atomic mass is 10.1. The predicted molar refractivity (Wildman–Crippen MR) is 115 cm³/mol. The van der Waals surface area contributed by atoms with E-state index in [9.17, 15) is 13.2 Å². The second kappa shape index (κ2) is 7.72. The van der Waals surface area contributed by atoms with Gasteiger partial charge in [0.2, 0.25) is 5.91 Å². The number of sulfone groups is 1. The quantitative estimate of drug-likeness (QED) is 0.616. The van der Waals surface area contributed by atoms with Crippen molar-refractivity contribution in [3.8, 4) is 11.3 Å². The van der Waals surface area contributed by atoms with E-state index in [1.165, 1.54) is 0 Å². The Hall–Kier alpha value is -2.93. The Bertz CT molecular complexity index is 1210. The zero-order valence-electron chi connectivity index (χ0n) is 17.3. The number of anilines is 1. The minimum atomic E-state index is -3.64. The zero-order chi connectivity index (χ0) is 21.5. The number of carbonyl (C=O) groups is 1. The topological polar surface area (TPSA) is 80.5 Å². The number of rotatable bonds is 5. The number of benzene rings is 2. The molecule has 0 radical (unpaired) electrons. The first-order valence-electron chi connectivity index (χ1n) is 9.93. The molecule has 156 valence electrons. The Labute approximate surface area is 176 Å². The summed E-state index contributed by atoms with van der Waals surface area (Å²) in [5.41, 5.74) is 4.01. The van der Waals surface area contributed by atoms with E-state index in [-0.39, 0.29) is 29.0 Å². The van der Waals surface area contributed by atoms with Gasteiger partial charge in [-0.3, -0.25) is 4.79 Å². The molecule has 30 heavy (non-hydrogen) atoms. The molecule has 1 amide bonds.